The van der Waals surface area contributed by atoms with Gasteiger partial charge in [0.1, 0.15) is 0 Å². The van der Waals surface area contributed by atoms with Gasteiger partial charge in [-0.3, -0.25) is 19.6 Å². The lowest BCUT2D eigenvalue weighted by molar-refractivity contribution is -0.133. The fourth-order valence-corrected chi connectivity index (χ4v) is 5.79. The number of hydrogen-bond acceptors (Lipinski definition) is 5. The molecule has 2 saturated heterocycles. The highest BCUT2D eigenvalue weighted by molar-refractivity contribution is 5.82. The van der Waals surface area contributed by atoms with E-state index in [-0.39, 0.29) is 23.4 Å². The van der Waals surface area contributed by atoms with E-state index in [0.29, 0.717) is 24.2 Å². The molecule has 8 nitrogen and oxygen atoms in total. The molecule has 2 aromatic rings. The van der Waals surface area contributed by atoms with Gasteiger partial charge in [0, 0.05) is 57.3 Å². The lowest BCUT2D eigenvalue weighted by Crippen LogP contribution is -2.44. The van der Waals surface area contributed by atoms with E-state index in [1.807, 2.05) is 11.0 Å². The number of aromatic amines is 1. The summed E-state index contributed by atoms with van der Waals surface area (Å²) < 4.78 is 7.10. The number of carbonyl (C=O) groups is 1. The minimum atomic E-state index is 0.00898. The van der Waals surface area contributed by atoms with Crippen LogP contribution in [0, 0.1) is 11.8 Å². The molecular weight excluding hydrogens is 394 g/mol. The van der Waals surface area contributed by atoms with Crippen LogP contribution in [-0.4, -0.2) is 62.7 Å². The number of nitrogens with zero attached hydrogens (tertiary/aromatic N) is 4. The number of carbonyl (C=O) groups excluding carboxylic acids is 1. The first kappa shape index (κ1) is 19.5. The molecule has 3 atom stereocenters. The molecule has 1 aliphatic carbocycles. The highest BCUT2D eigenvalue weighted by atomic mass is 16.5. The first-order valence-corrected chi connectivity index (χ1v) is 11.9. The number of ether oxygens (including phenoxy) is 1. The van der Waals surface area contributed by atoms with Gasteiger partial charge in [0.15, 0.2) is 5.65 Å². The maximum Gasteiger partial charge on any atom is 0.277 e. The average molecular weight is 426 g/mol. The Balaban J connectivity index is 1.30. The van der Waals surface area contributed by atoms with Crippen molar-refractivity contribution >= 4 is 11.6 Å². The van der Waals surface area contributed by atoms with Gasteiger partial charge in [-0.05, 0) is 38.0 Å². The summed E-state index contributed by atoms with van der Waals surface area (Å²) in [4.78, 5) is 35.6. The third-order valence-corrected chi connectivity index (χ3v) is 7.84. The molecule has 3 aliphatic heterocycles. The maximum absolute atomic E-state index is 13.4. The Hall–Kier alpha value is -2.19. The molecule has 0 aromatic carbocycles. The number of fused-ring (bicyclic) bond motifs is 2. The van der Waals surface area contributed by atoms with Crippen molar-refractivity contribution in [3.63, 3.8) is 0 Å². The van der Waals surface area contributed by atoms with Gasteiger partial charge in [-0.1, -0.05) is 6.92 Å². The standard InChI is InChI=1S/C23H31N5O3/c1-14-11-16(14)22(29)27-7-2-3-20(27)19-12-21-24-18-4-8-26(15-5-9-31-10-6-15)13-17(18)23(30)28(21)25-19/h12,14-16,20,25H,2-11,13H2,1H3/t14-,16-,20-/m1/s1. The van der Waals surface area contributed by atoms with Crippen molar-refractivity contribution in [2.24, 2.45) is 11.8 Å². The first-order valence-electron chi connectivity index (χ1n) is 11.9. The van der Waals surface area contributed by atoms with Crippen LogP contribution in [0.1, 0.15) is 62.0 Å². The van der Waals surface area contributed by atoms with E-state index in [1.165, 1.54) is 0 Å². The lowest BCUT2D eigenvalue weighted by atomic mass is 10.0. The van der Waals surface area contributed by atoms with Crippen LogP contribution in [0.15, 0.2) is 10.9 Å². The van der Waals surface area contributed by atoms with Crippen LogP contribution in [0.5, 0.6) is 0 Å². The number of H-pyrrole nitrogens is 1. The second kappa shape index (κ2) is 7.45. The second-order valence-electron chi connectivity index (χ2n) is 9.82. The molecule has 0 spiro atoms. The molecule has 1 saturated carbocycles. The van der Waals surface area contributed by atoms with E-state index in [9.17, 15) is 9.59 Å². The van der Waals surface area contributed by atoms with E-state index in [0.717, 1.165) is 81.8 Å². The SMILES string of the molecule is C[C@@H]1C[C@H]1C(=O)N1CCC[C@@H]1c1cc2nc3c(c(=O)n2[nH]1)CN(C1CCOCC1)CC3. The maximum atomic E-state index is 13.4. The molecule has 4 aliphatic rings. The van der Waals surface area contributed by atoms with Crippen molar-refractivity contribution < 1.29 is 9.53 Å². The van der Waals surface area contributed by atoms with Crippen LogP contribution in [0.2, 0.25) is 0 Å². The van der Waals surface area contributed by atoms with Crippen LogP contribution in [0.4, 0.5) is 0 Å². The molecule has 8 heteroatoms. The molecule has 2 aromatic heterocycles. The Labute approximate surface area is 181 Å². The third-order valence-electron chi connectivity index (χ3n) is 7.84. The summed E-state index contributed by atoms with van der Waals surface area (Å²) in [6.45, 7) is 6.18. The topological polar surface area (TPSA) is 82.9 Å². The summed E-state index contributed by atoms with van der Waals surface area (Å²) in [5.74, 6) is 0.973. The number of likely N-dealkylation sites (tertiary alicyclic amines) is 1. The highest BCUT2D eigenvalue weighted by Gasteiger charge is 2.44. The Morgan fingerprint density at radius 3 is 2.81 bits per heavy atom. The molecule has 0 bridgehead atoms. The quantitative estimate of drug-likeness (QED) is 0.812. The summed E-state index contributed by atoms with van der Waals surface area (Å²) >= 11 is 0. The highest BCUT2D eigenvalue weighted by Crippen LogP contribution is 2.43. The van der Waals surface area contributed by atoms with Crippen LogP contribution in [0.3, 0.4) is 0 Å². The molecule has 31 heavy (non-hydrogen) atoms. The summed E-state index contributed by atoms with van der Waals surface area (Å²) in [6, 6.07) is 2.50. The van der Waals surface area contributed by atoms with Crippen LogP contribution in [-0.2, 0) is 22.5 Å². The zero-order chi connectivity index (χ0) is 21.1. The Kier molecular flexibility index (Phi) is 4.68. The van der Waals surface area contributed by atoms with E-state index in [1.54, 1.807) is 4.52 Å². The molecule has 0 unspecified atom stereocenters. The van der Waals surface area contributed by atoms with E-state index >= 15 is 0 Å². The third kappa shape index (κ3) is 3.31. The number of aromatic nitrogens is 3. The summed E-state index contributed by atoms with van der Waals surface area (Å²) in [5, 5.41) is 3.31. The van der Waals surface area contributed by atoms with Gasteiger partial charge < -0.3 is 9.64 Å². The second-order valence-corrected chi connectivity index (χ2v) is 9.82. The number of rotatable bonds is 3. The first-order chi connectivity index (χ1) is 15.1. The predicted octanol–water partition coefficient (Wildman–Crippen LogP) is 1.88. The minimum absolute atomic E-state index is 0.00898. The minimum Gasteiger partial charge on any atom is -0.381 e. The van der Waals surface area contributed by atoms with Gasteiger partial charge in [-0.15, -0.1) is 0 Å². The van der Waals surface area contributed by atoms with Crippen LogP contribution < -0.4 is 5.56 Å². The average Bonchev–Trinajstić information content (AvgIpc) is 3.18. The van der Waals surface area contributed by atoms with Gasteiger partial charge in [-0.25, -0.2) is 9.50 Å². The molecule has 166 valence electrons. The molecule has 1 N–H and O–H groups in total. The van der Waals surface area contributed by atoms with Crippen molar-refractivity contribution in [3.05, 3.63) is 33.4 Å². The van der Waals surface area contributed by atoms with Crippen molar-refractivity contribution in [1.29, 1.82) is 0 Å². The summed E-state index contributed by atoms with van der Waals surface area (Å²) in [7, 11) is 0. The molecular formula is C23H31N5O3. The summed E-state index contributed by atoms with van der Waals surface area (Å²) in [5.41, 5.74) is 3.37. The van der Waals surface area contributed by atoms with Gasteiger partial charge in [0.05, 0.1) is 23.0 Å². The largest absolute Gasteiger partial charge is 0.381 e. The number of amides is 1. The van der Waals surface area contributed by atoms with Gasteiger partial charge >= 0.3 is 0 Å². The predicted molar refractivity (Wildman–Crippen MR) is 115 cm³/mol. The molecule has 6 rings (SSSR count). The molecule has 5 heterocycles. The zero-order valence-corrected chi connectivity index (χ0v) is 18.2. The van der Waals surface area contributed by atoms with Crippen molar-refractivity contribution in [2.75, 3.05) is 26.3 Å². The number of nitrogens with one attached hydrogen (secondary N) is 1. The Morgan fingerprint density at radius 1 is 1.23 bits per heavy atom. The fraction of sp³-hybridized carbons (Fsp3) is 0.696. The zero-order valence-electron chi connectivity index (χ0n) is 18.2. The Morgan fingerprint density at radius 2 is 2.03 bits per heavy atom. The van der Waals surface area contributed by atoms with Gasteiger partial charge in [0.2, 0.25) is 5.91 Å². The van der Waals surface area contributed by atoms with Gasteiger partial charge in [-0.2, -0.15) is 0 Å². The lowest BCUT2D eigenvalue weighted by Gasteiger charge is -2.36. The molecule has 3 fully saturated rings. The van der Waals surface area contributed by atoms with E-state index in [2.05, 4.69) is 16.9 Å². The summed E-state index contributed by atoms with van der Waals surface area (Å²) in [6.07, 6.45) is 5.82. The van der Waals surface area contributed by atoms with E-state index in [4.69, 9.17) is 9.72 Å². The smallest absolute Gasteiger partial charge is 0.277 e. The molecule has 1 amide bonds. The normalized spacial score (nSPS) is 29.5. The van der Waals surface area contributed by atoms with E-state index < -0.39 is 0 Å². The molecule has 0 radical (unpaired) electrons. The van der Waals surface area contributed by atoms with Crippen molar-refractivity contribution in [3.8, 4) is 0 Å². The van der Waals surface area contributed by atoms with Crippen molar-refractivity contribution in [2.45, 2.75) is 64.1 Å². The number of hydrogen-bond donors (Lipinski definition) is 1. The van der Waals surface area contributed by atoms with Crippen molar-refractivity contribution in [1.82, 2.24) is 24.4 Å². The monoisotopic (exact) mass is 425 g/mol. The van der Waals surface area contributed by atoms with Gasteiger partial charge in [0.25, 0.3) is 5.56 Å². The Bertz CT molecular complexity index is 1070. The van der Waals surface area contributed by atoms with Crippen LogP contribution in [0.25, 0.3) is 5.65 Å². The fourth-order valence-electron chi connectivity index (χ4n) is 5.79. The van der Waals surface area contributed by atoms with Crippen LogP contribution >= 0.6 is 0 Å².